The number of rotatable bonds is 7. The van der Waals surface area contributed by atoms with Gasteiger partial charge in [-0.15, -0.1) is 0 Å². The molecule has 0 bridgehead atoms. The number of halogens is 1. The van der Waals surface area contributed by atoms with Gasteiger partial charge in [0, 0.05) is 52.2 Å². The van der Waals surface area contributed by atoms with E-state index in [4.69, 9.17) is 11.5 Å². The van der Waals surface area contributed by atoms with Crippen molar-refractivity contribution in [1.29, 1.82) is 0 Å². The quantitative estimate of drug-likeness (QED) is 0.180. The summed E-state index contributed by atoms with van der Waals surface area (Å²) in [5, 5.41) is 7.21. The SMILES string of the molecule is NCc1c(NC(=O)c2ccc(F)cc2)cccc1-c1ccc(C(N)=O)c2[nH]c3cc(NC(=O)c4cncnc4)ccc3c12. The molecule has 4 aromatic carbocycles. The lowest BCUT2D eigenvalue weighted by molar-refractivity contribution is 0.0997. The molecule has 3 amide bonds. The number of aromatic nitrogens is 3. The van der Waals surface area contributed by atoms with Crippen molar-refractivity contribution in [2.75, 3.05) is 10.6 Å². The summed E-state index contributed by atoms with van der Waals surface area (Å²) in [6, 6.07) is 19.4. The van der Waals surface area contributed by atoms with Crippen LogP contribution in [0.25, 0.3) is 32.9 Å². The molecule has 0 atom stereocenters. The van der Waals surface area contributed by atoms with E-state index >= 15 is 0 Å². The van der Waals surface area contributed by atoms with Crippen LogP contribution in [-0.4, -0.2) is 32.7 Å². The summed E-state index contributed by atoms with van der Waals surface area (Å²) in [6.45, 7) is 0.0933. The first kappa shape index (κ1) is 27.2. The Morgan fingerprint density at radius 1 is 0.837 bits per heavy atom. The average molecular weight is 574 g/mol. The van der Waals surface area contributed by atoms with Crippen LogP contribution >= 0.6 is 0 Å². The van der Waals surface area contributed by atoms with Crippen LogP contribution in [0.4, 0.5) is 15.8 Å². The third-order valence-electron chi connectivity index (χ3n) is 7.12. The Labute approximate surface area is 244 Å². The van der Waals surface area contributed by atoms with Crippen LogP contribution in [0.5, 0.6) is 0 Å². The van der Waals surface area contributed by atoms with Gasteiger partial charge in [0.25, 0.3) is 17.7 Å². The minimum absolute atomic E-state index is 0.0933. The minimum Gasteiger partial charge on any atom is -0.366 e. The summed E-state index contributed by atoms with van der Waals surface area (Å²) in [7, 11) is 0. The van der Waals surface area contributed by atoms with Gasteiger partial charge in [0.05, 0.1) is 16.6 Å². The molecule has 0 aliphatic carbocycles. The fourth-order valence-electron chi connectivity index (χ4n) is 5.11. The predicted molar refractivity (Wildman–Crippen MR) is 162 cm³/mol. The Balaban J connectivity index is 1.45. The molecule has 43 heavy (non-hydrogen) atoms. The van der Waals surface area contributed by atoms with Crippen LogP contribution < -0.4 is 22.1 Å². The van der Waals surface area contributed by atoms with Gasteiger partial charge in [0.2, 0.25) is 0 Å². The Bertz CT molecular complexity index is 2040. The van der Waals surface area contributed by atoms with E-state index in [0.717, 1.165) is 21.9 Å². The Morgan fingerprint density at radius 3 is 2.30 bits per heavy atom. The molecule has 10 nitrogen and oxygen atoms in total. The maximum atomic E-state index is 13.4. The summed E-state index contributed by atoms with van der Waals surface area (Å²) >= 11 is 0. The highest BCUT2D eigenvalue weighted by molar-refractivity contribution is 6.20. The fourth-order valence-corrected chi connectivity index (χ4v) is 5.11. The number of nitrogens with zero attached hydrogens (tertiary/aromatic N) is 2. The van der Waals surface area contributed by atoms with Gasteiger partial charge in [-0.3, -0.25) is 14.4 Å². The molecule has 2 heterocycles. The summed E-state index contributed by atoms with van der Waals surface area (Å²) in [4.78, 5) is 49.1. The highest BCUT2D eigenvalue weighted by atomic mass is 19.1. The molecule has 0 aliphatic rings. The zero-order valence-corrected chi connectivity index (χ0v) is 22.5. The van der Waals surface area contributed by atoms with Crippen molar-refractivity contribution >= 4 is 50.9 Å². The molecule has 2 aromatic heterocycles. The second kappa shape index (κ2) is 11.1. The number of benzene rings is 4. The molecule has 0 saturated carbocycles. The summed E-state index contributed by atoms with van der Waals surface area (Å²) in [5.41, 5.74) is 17.2. The molecule has 7 N–H and O–H groups in total. The number of hydrogen-bond acceptors (Lipinski definition) is 6. The number of H-pyrrole nitrogens is 1. The molecule has 0 fully saturated rings. The molecule has 0 saturated heterocycles. The number of nitrogens with two attached hydrogens (primary N) is 2. The van der Waals surface area contributed by atoms with Crippen molar-refractivity contribution in [3.8, 4) is 11.1 Å². The van der Waals surface area contributed by atoms with E-state index in [1.807, 2.05) is 12.1 Å². The fraction of sp³-hybridized carbons (Fsp3) is 0.0312. The molecular formula is C32H24FN7O3. The zero-order chi connectivity index (χ0) is 30.1. The Hall–Kier alpha value is -5.94. The molecule has 0 radical (unpaired) electrons. The molecule has 0 unspecified atom stereocenters. The molecule has 212 valence electrons. The molecule has 0 aliphatic heterocycles. The lowest BCUT2D eigenvalue weighted by Crippen LogP contribution is -2.15. The average Bonchev–Trinajstić information content (AvgIpc) is 3.40. The topological polar surface area (TPSA) is 169 Å². The van der Waals surface area contributed by atoms with E-state index in [0.29, 0.717) is 39.1 Å². The second-order valence-corrected chi connectivity index (χ2v) is 9.74. The lowest BCUT2D eigenvalue weighted by atomic mass is 9.92. The number of fused-ring (bicyclic) bond motifs is 3. The van der Waals surface area contributed by atoms with Gasteiger partial charge in [-0.1, -0.05) is 24.3 Å². The number of primary amides is 1. The van der Waals surface area contributed by atoms with Crippen LogP contribution in [0.2, 0.25) is 0 Å². The minimum atomic E-state index is -0.611. The molecule has 11 heteroatoms. The first-order chi connectivity index (χ1) is 20.8. The van der Waals surface area contributed by atoms with Crippen LogP contribution in [0, 0.1) is 5.82 Å². The van der Waals surface area contributed by atoms with Crippen LogP contribution in [0.1, 0.15) is 36.6 Å². The van der Waals surface area contributed by atoms with E-state index < -0.39 is 17.6 Å². The van der Waals surface area contributed by atoms with E-state index in [9.17, 15) is 18.8 Å². The standard InChI is InChI=1S/C32H24FN7O3/c33-19-6-4-17(5-7-19)31(42)40-26-3-1-2-21(25(26)13-34)22-10-11-24(30(35)41)29-28(22)23-9-8-20(12-27(23)39-29)38-32(43)18-14-36-16-37-15-18/h1-12,14-16,39H,13,34H2,(H2,35,41)(H,38,43)(H,40,42). The lowest BCUT2D eigenvalue weighted by Gasteiger charge is -2.16. The molecular weight excluding hydrogens is 549 g/mol. The smallest absolute Gasteiger partial charge is 0.258 e. The Kier molecular flexibility index (Phi) is 7.06. The van der Waals surface area contributed by atoms with Crippen LogP contribution in [0.15, 0.2) is 91.5 Å². The molecule has 6 rings (SSSR count). The van der Waals surface area contributed by atoms with Gasteiger partial charge in [-0.2, -0.15) is 0 Å². The third-order valence-corrected chi connectivity index (χ3v) is 7.12. The first-order valence-electron chi connectivity index (χ1n) is 13.2. The highest BCUT2D eigenvalue weighted by Crippen LogP contribution is 2.40. The van der Waals surface area contributed by atoms with Gasteiger partial charge in [-0.25, -0.2) is 14.4 Å². The maximum Gasteiger partial charge on any atom is 0.258 e. The van der Waals surface area contributed by atoms with Gasteiger partial charge in [0.1, 0.15) is 12.1 Å². The number of aromatic amines is 1. The largest absolute Gasteiger partial charge is 0.366 e. The zero-order valence-electron chi connectivity index (χ0n) is 22.5. The molecule has 0 spiro atoms. The van der Waals surface area contributed by atoms with Crippen molar-refractivity contribution < 1.29 is 18.8 Å². The Morgan fingerprint density at radius 2 is 1.58 bits per heavy atom. The van der Waals surface area contributed by atoms with Crippen molar-refractivity contribution in [3.05, 3.63) is 120 Å². The van der Waals surface area contributed by atoms with Gasteiger partial charge in [0.15, 0.2) is 0 Å². The number of amides is 3. The second-order valence-electron chi connectivity index (χ2n) is 9.74. The van der Waals surface area contributed by atoms with E-state index in [2.05, 4.69) is 25.6 Å². The molecule has 6 aromatic rings. The van der Waals surface area contributed by atoms with Crippen LogP contribution in [-0.2, 0) is 6.54 Å². The van der Waals surface area contributed by atoms with Crippen molar-refractivity contribution in [2.24, 2.45) is 11.5 Å². The third kappa shape index (κ3) is 5.16. The first-order valence-corrected chi connectivity index (χ1v) is 13.2. The van der Waals surface area contributed by atoms with Crippen LogP contribution in [0.3, 0.4) is 0 Å². The van der Waals surface area contributed by atoms with Gasteiger partial charge >= 0.3 is 0 Å². The predicted octanol–water partition coefficient (Wildman–Crippen LogP) is 4.98. The summed E-state index contributed by atoms with van der Waals surface area (Å²) in [5.74, 6) is -1.84. The number of carbonyl (C=O) groups excluding carboxylic acids is 3. The van der Waals surface area contributed by atoms with E-state index in [1.165, 1.54) is 43.0 Å². The van der Waals surface area contributed by atoms with E-state index in [-0.39, 0.29) is 18.0 Å². The van der Waals surface area contributed by atoms with Gasteiger partial charge < -0.3 is 27.1 Å². The van der Waals surface area contributed by atoms with E-state index in [1.54, 1.807) is 36.4 Å². The maximum absolute atomic E-state index is 13.4. The number of carbonyl (C=O) groups is 3. The number of hydrogen-bond donors (Lipinski definition) is 5. The number of anilines is 2. The normalized spacial score (nSPS) is 11.0. The number of nitrogens with one attached hydrogen (secondary N) is 3. The van der Waals surface area contributed by atoms with Crippen molar-refractivity contribution in [3.63, 3.8) is 0 Å². The van der Waals surface area contributed by atoms with Crippen molar-refractivity contribution in [2.45, 2.75) is 6.54 Å². The monoisotopic (exact) mass is 573 g/mol. The summed E-state index contributed by atoms with van der Waals surface area (Å²) < 4.78 is 13.4. The summed E-state index contributed by atoms with van der Waals surface area (Å²) in [6.07, 6.45) is 4.17. The highest BCUT2D eigenvalue weighted by Gasteiger charge is 2.20. The van der Waals surface area contributed by atoms with Gasteiger partial charge in [-0.05, 0) is 65.2 Å². The van der Waals surface area contributed by atoms with Crippen molar-refractivity contribution in [1.82, 2.24) is 15.0 Å².